The summed E-state index contributed by atoms with van der Waals surface area (Å²) >= 11 is 0. The van der Waals surface area contributed by atoms with Gasteiger partial charge < -0.3 is 19.7 Å². The fraction of sp³-hybridized carbons (Fsp3) is 0.231. The molecule has 6 heteroatoms. The van der Waals surface area contributed by atoms with Crippen LogP contribution in [0, 0.1) is 0 Å². The Hall–Kier alpha value is -3.64. The second-order valence-electron chi connectivity index (χ2n) is 7.47. The molecule has 1 aromatic heterocycles. The topological polar surface area (TPSA) is 63.7 Å². The first-order chi connectivity index (χ1) is 15.7. The van der Waals surface area contributed by atoms with Crippen molar-refractivity contribution in [3.63, 3.8) is 0 Å². The van der Waals surface area contributed by atoms with Gasteiger partial charge in [0.2, 0.25) is 0 Å². The van der Waals surface area contributed by atoms with Gasteiger partial charge in [-0.2, -0.15) is 0 Å². The zero-order valence-electron chi connectivity index (χ0n) is 18.2. The SMILES string of the molecule is COc1ccccc1C=C(C(=O)NCc1ccc(N2CCOCC2)nc1)c1ccccc1. The molecule has 0 aliphatic carbocycles. The molecule has 1 fully saturated rings. The van der Waals surface area contributed by atoms with E-state index >= 15 is 0 Å². The van der Waals surface area contributed by atoms with Gasteiger partial charge in [-0.05, 0) is 29.3 Å². The standard InChI is InChI=1S/C26H27N3O3/c1-31-24-10-6-5-9-22(24)17-23(21-7-3-2-4-8-21)26(30)28-19-20-11-12-25(27-18-20)29-13-15-32-16-14-29/h2-12,17-18H,13-16,19H2,1H3,(H,28,30). The molecule has 1 aliphatic heterocycles. The van der Waals surface area contributed by atoms with Crippen molar-refractivity contribution in [3.05, 3.63) is 89.6 Å². The van der Waals surface area contributed by atoms with Crippen LogP contribution in [-0.2, 0) is 16.1 Å². The van der Waals surface area contributed by atoms with Crippen LogP contribution in [0.3, 0.4) is 0 Å². The molecule has 1 N–H and O–H groups in total. The number of hydrogen-bond donors (Lipinski definition) is 1. The van der Waals surface area contributed by atoms with Crippen LogP contribution in [0.2, 0.25) is 0 Å². The summed E-state index contributed by atoms with van der Waals surface area (Å²) in [5, 5.41) is 3.03. The van der Waals surface area contributed by atoms with Crippen LogP contribution in [0.25, 0.3) is 11.6 Å². The molecule has 0 bridgehead atoms. The predicted octanol–water partition coefficient (Wildman–Crippen LogP) is 3.78. The maximum absolute atomic E-state index is 13.2. The number of methoxy groups -OCH3 is 1. The van der Waals surface area contributed by atoms with Crippen molar-refractivity contribution in [2.75, 3.05) is 38.3 Å². The molecule has 2 heterocycles. The van der Waals surface area contributed by atoms with E-state index < -0.39 is 0 Å². The number of nitrogens with zero attached hydrogens (tertiary/aromatic N) is 2. The first kappa shape index (κ1) is 21.6. The monoisotopic (exact) mass is 429 g/mol. The van der Waals surface area contributed by atoms with E-state index in [1.807, 2.05) is 79.0 Å². The summed E-state index contributed by atoms with van der Waals surface area (Å²) in [5.74, 6) is 1.50. The number of carbonyl (C=O) groups is 1. The molecule has 1 aliphatic rings. The number of carbonyl (C=O) groups excluding carboxylic acids is 1. The molecule has 1 saturated heterocycles. The Morgan fingerprint density at radius 3 is 2.53 bits per heavy atom. The molecule has 32 heavy (non-hydrogen) atoms. The first-order valence-corrected chi connectivity index (χ1v) is 10.7. The molecule has 0 atom stereocenters. The highest BCUT2D eigenvalue weighted by Crippen LogP contribution is 2.25. The largest absolute Gasteiger partial charge is 0.496 e. The summed E-state index contributed by atoms with van der Waals surface area (Å²) in [6.45, 7) is 3.53. The van der Waals surface area contributed by atoms with Crippen molar-refractivity contribution in [3.8, 4) is 5.75 Å². The van der Waals surface area contributed by atoms with Gasteiger partial charge in [0.15, 0.2) is 0 Å². The van der Waals surface area contributed by atoms with Crippen molar-refractivity contribution in [2.45, 2.75) is 6.54 Å². The van der Waals surface area contributed by atoms with Crippen LogP contribution in [-0.4, -0.2) is 44.3 Å². The molecule has 0 radical (unpaired) electrons. The minimum Gasteiger partial charge on any atom is -0.496 e. The number of hydrogen-bond acceptors (Lipinski definition) is 5. The molecular weight excluding hydrogens is 402 g/mol. The van der Waals surface area contributed by atoms with Gasteiger partial charge in [-0.1, -0.05) is 54.6 Å². The van der Waals surface area contributed by atoms with Gasteiger partial charge in [0.05, 0.1) is 20.3 Å². The number of amides is 1. The third-order valence-electron chi connectivity index (χ3n) is 5.37. The maximum atomic E-state index is 13.2. The third-order valence-corrected chi connectivity index (χ3v) is 5.37. The summed E-state index contributed by atoms with van der Waals surface area (Å²) in [4.78, 5) is 19.9. The predicted molar refractivity (Wildman–Crippen MR) is 126 cm³/mol. The molecule has 4 rings (SSSR count). The lowest BCUT2D eigenvalue weighted by Gasteiger charge is -2.27. The highest BCUT2D eigenvalue weighted by atomic mass is 16.5. The van der Waals surface area contributed by atoms with Crippen LogP contribution in [0.15, 0.2) is 72.9 Å². The molecule has 1 amide bonds. The summed E-state index contributed by atoms with van der Waals surface area (Å²) in [5.41, 5.74) is 3.21. The lowest BCUT2D eigenvalue weighted by atomic mass is 10.0. The number of rotatable bonds is 7. The number of benzene rings is 2. The number of ether oxygens (including phenoxy) is 2. The van der Waals surface area contributed by atoms with E-state index in [-0.39, 0.29) is 5.91 Å². The Bertz CT molecular complexity index is 1060. The Balaban J connectivity index is 1.50. The van der Waals surface area contributed by atoms with Crippen LogP contribution in [0.5, 0.6) is 5.75 Å². The summed E-state index contributed by atoms with van der Waals surface area (Å²) in [6.07, 6.45) is 3.68. The zero-order chi connectivity index (χ0) is 22.2. The molecule has 0 unspecified atom stereocenters. The normalized spacial score (nSPS) is 14.2. The zero-order valence-corrected chi connectivity index (χ0v) is 18.2. The molecule has 3 aromatic rings. The number of nitrogens with one attached hydrogen (secondary N) is 1. The Kier molecular flexibility index (Phi) is 7.15. The average molecular weight is 430 g/mol. The Morgan fingerprint density at radius 2 is 1.81 bits per heavy atom. The van der Waals surface area contributed by atoms with E-state index in [0.717, 1.165) is 54.6 Å². The second-order valence-corrected chi connectivity index (χ2v) is 7.47. The van der Waals surface area contributed by atoms with Crippen molar-refractivity contribution in [1.29, 1.82) is 0 Å². The summed E-state index contributed by atoms with van der Waals surface area (Å²) in [7, 11) is 1.63. The summed E-state index contributed by atoms with van der Waals surface area (Å²) < 4.78 is 10.9. The maximum Gasteiger partial charge on any atom is 0.252 e. The van der Waals surface area contributed by atoms with Gasteiger partial charge in [-0.25, -0.2) is 4.98 Å². The molecule has 0 spiro atoms. The van der Waals surface area contributed by atoms with E-state index in [9.17, 15) is 4.79 Å². The highest BCUT2D eigenvalue weighted by molar-refractivity contribution is 6.24. The highest BCUT2D eigenvalue weighted by Gasteiger charge is 2.15. The van der Waals surface area contributed by atoms with Gasteiger partial charge in [-0.15, -0.1) is 0 Å². The van der Waals surface area contributed by atoms with Crippen LogP contribution < -0.4 is 15.0 Å². The van der Waals surface area contributed by atoms with E-state index in [1.165, 1.54) is 0 Å². The van der Waals surface area contributed by atoms with Crippen LogP contribution in [0.4, 0.5) is 5.82 Å². The number of morpholine rings is 1. The number of para-hydroxylation sites is 1. The lowest BCUT2D eigenvalue weighted by Crippen LogP contribution is -2.36. The molecule has 6 nitrogen and oxygen atoms in total. The van der Waals surface area contributed by atoms with Crippen molar-refractivity contribution < 1.29 is 14.3 Å². The van der Waals surface area contributed by atoms with Gasteiger partial charge >= 0.3 is 0 Å². The smallest absolute Gasteiger partial charge is 0.252 e. The minimum atomic E-state index is -0.153. The summed E-state index contributed by atoms with van der Waals surface area (Å²) in [6, 6.07) is 21.3. The second kappa shape index (κ2) is 10.6. The van der Waals surface area contributed by atoms with Crippen LogP contribution >= 0.6 is 0 Å². The molecule has 0 saturated carbocycles. The quantitative estimate of drug-likeness (QED) is 0.457. The molecule has 164 valence electrons. The lowest BCUT2D eigenvalue weighted by molar-refractivity contribution is -0.115. The van der Waals surface area contributed by atoms with E-state index in [4.69, 9.17) is 9.47 Å². The van der Waals surface area contributed by atoms with E-state index in [0.29, 0.717) is 12.1 Å². The first-order valence-electron chi connectivity index (χ1n) is 10.7. The fourth-order valence-corrected chi connectivity index (χ4v) is 3.62. The molecular formula is C26H27N3O3. The van der Waals surface area contributed by atoms with E-state index in [1.54, 1.807) is 7.11 Å². The van der Waals surface area contributed by atoms with Crippen molar-refractivity contribution >= 4 is 23.4 Å². The minimum absolute atomic E-state index is 0.153. The Morgan fingerprint density at radius 1 is 1.06 bits per heavy atom. The number of anilines is 1. The van der Waals surface area contributed by atoms with Gasteiger partial charge in [0.1, 0.15) is 11.6 Å². The van der Waals surface area contributed by atoms with Crippen molar-refractivity contribution in [2.24, 2.45) is 0 Å². The van der Waals surface area contributed by atoms with Gasteiger partial charge in [0.25, 0.3) is 5.91 Å². The van der Waals surface area contributed by atoms with Crippen molar-refractivity contribution in [1.82, 2.24) is 10.3 Å². The third kappa shape index (κ3) is 5.34. The molecule has 2 aromatic carbocycles. The van der Waals surface area contributed by atoms with Gasteiger partial charge in [-0.3, -0.25) is 4.79 Å². The Labute approximate surface area is 188 Å². The van der Waals surface area contributed by atoms with Crippen LogP contribution in [0.1, 0.15) is 16.7 Å². The fourth-order valence-electron chi connectivity index (χ4n) is 3.62. The van der Waals surface area contributed by atoms with Gasteiger partial charge in [0, 0.05) is 37.0 Å². The average Bonchev–Trinajstić information content (AvgIpc) is 2.87. The van der Waals surface area contributed by atoms with E-state index in [2.05, 4.69) is 15.2 Å². The number of pyridine rings is 1. The number of aromatic nitrogens is 1.